The molecular weight excluding hydrogens is 474 g/mol. The van der Waals surface area contributed by atoms with Gasteiger partial charge >= 0.3 is 0 Å². The zero-order chi connectivity index (χ0) is 26.6. The van der Waals surface area contributed by atoms with Crippen LogP contribution in [0.15, 0.2) is 48.5 Å². The third-order valence-electron chi connectivity index (χ3n) is 5.53. The number of ketones is 1. The molecule has 0 spiro atoms. The van der Waals surface area contributed by atoms with Crippen LogP contribution in [0.1, 0.15) is 28.4 Å². The van der Waals surface area contributed by atoms with Crippen molar-refractivity contribution in [1.82, 2.24) is 10.2 Å². The minimum atomic E-state index is -1.19. The normalized spacial score (nSPS) is 14.7. The van der Waals surface area contributed by atoms with Gasteiger partial charge in [0.1, 0.15) is 12.6 Å². The summed E-state index contributed by atoms with van der Waals surface area (Å²) < 4.78 is 5.29. The lowest BCUT2D eigenvalue weighted by Crippen LogP contribution is -2.48. The molecule has 37 heavy (non-hydrogen) atoms. The Morgan fingerprint density at radius 3 is 2.08 bits per heavy atom. The van der Waals surface area contributed by atoms with Crippen LogP contribution in [-0.4, -0.2) is 84.3 Å². The molecule has 2 aromatic rings. The number of aliphatic hydroxyl groups is 2. The first kappa shape index (κ1) is 27.6. The third kappa shape index (κ3) is 8.87. The quantitative estimate of drug-likeness (QED) is 0.384. The van der Waals surface area contributed by atoms with Gasteiger partial charge in [-0.25, -0.2) is 0 Å². The fourth-order valence-corrected chi connectivity index (χ4v) is 3.50. The van der Waals surface area contributed by atoms with Crippen molar-refractivity contribution in [1.29, 1.82) is 0 Å². The molecule has 0 bridgehead atoms. The molecule has 192 valence electrons. The summed E-state index contributed by atoms with van der Waals surface area (Å²) in [6, 6.07) is 12.4. The van der Waals surface area contributed by atoms with Crippen LogP contribution in [0.4, 0.5) is 5.69 Å². The molecule has 2 atom stereocenters. The maximum Gasteiger partial charge on any atom is 0.251 e. The average molecular weight is 504 g/mol. The third-order valence-corrected chi connectivity index (χ3v) is 5.53. The van der Waals surface area contributed by atoms with E-state index in [1.807, 2.05) is 4.90 Å². The van der Waals surface area contributed by atoms with Gasteiger partial charge in [0.15, 0.2) is 5.78 Å². The summed E-state index contributed by atoms with van der Waals surface area (Å²) in [5.41, 5.74) is 2.37. The zero-order valence-corrected chi connectivity index (χ0v) is 20.5. The van der Waals surface area contributed by atoms with Crippen LogP contribution in [-0.2, 0) is 14.3 Å². The number of Topliss-reactive ketones (excluding diaryl/α,β-unsaturated/α-hetero) is 1. The van der Waals surface area contributed by atoms with Crippen LogP contribution in [0.5, 0.6) is 0 Å². The first-order valence-corrected chi connectivity index (χ1v) is 11.8. The molecule has 2 aromatic carbocycles. The number of nitrogens with zero attached hydrogens (tertiary/aromatic N) is 1. The molecule has 1 saturated heterocycles. The topological polar surface area (TPSA) is 128 Å². The number of morpholine rings is 1. The Morgan fingerprint density at radius 2 is 1.54 bits per heavy atom. The largest absolute Gasteiger partial charge is 0.391 e. The van der Waals surface area contributed by atoms with Crippen molar-refractivity contribution in [3.8, 4) is 23.7 Å². The number of nitrogens with one attached hydrogen (secondary N) is 2. The summed E-state index contributed by atoms with van der Waals surface area (Å²) in [5.74, 6) is 10.1. The Labute approximate surface area is 215 Å². The van der Waals surface area contributed by atoms with E-state index in [0.29, 0.717) is 31.0 Å². The van der Waals surface area contributed by atoms with Crippen molar-refractivity contribution in [2.24, 2.45) is 0 Å². The molecule has 1 heterocycles. The van der Waals surface area contributed by atoms with E-state index in [9.17, 15) is 19.5 Å². The van der Waals surface area contributed by atoms with Gasteiger partial charge in [-0.3, -0.25) is 19.3 Å². The van der Waals surface area contributed by atoms with E-state index in [2.05, 4.69) is 34.3 Å². The van der Waals surface area contributed by atoms with Gasteiger partial charge in [0.2, 0.25) is 5.91 Å². The van der Waals surface area contributed by atoms with E-state index in [1.165, 1.54) is 6.92 Å². The van der Waals surface area contributed by atoms with Gasteiger partial charge in [-0.1, -0.05) is 11.8 Å². The number of ether oxygens (including phenoxy) is 1. The van der Waals surface area contributed by atoms with E-state index in [-0.39, 0.29) is 11.5 Å². The molecule has 1 aliphatic heterocycles. The summed E-state index contributed by atoms with van der Waals surface area (Å²) in [6.07, 6.45) is -1.14. The van der Waals surface area contributed by atoms with Crippen molar-refractivity contribution in [2.75, 3.05) is 44.8 Å². The highest BCUT2D eigenvalue weighted by Crippen LogP contribution is 2.09. The van der Waals surface area contributed by atoms with E-state index in [0.717, 1.165) is 18.7 Å². The van der Waals surface area contributed by atoms with Gasteiger partial charge < -0.3 is 25.6 Å². The molecule has 0 aromatic heterocycles. The Bertz CT molecular complexity index is 1210. The van der Waals surface area contributed by atoms with Crippen molar-refractivity contribution in [3.63, 3.8) is 0 Å². The van der Waals surface area contributed by atoms with Crippen LogP contribution >= 0.6 is 0 Å². The highest BCUT2D eigenvalue weighted by atomic mass is 16.5. The Hall–Kier alpha value is -3.99. The predicted molar refractivity (Wildman–Crippen MR) is 138 cm³/mol. The number of hydrogen-bond acceptors (Lipinski definition) is 7. The van der Waals surface area contributed by atoms with Gasteiger partial charge in [0.25, 0.3) is 5.91 Å². The molecule has 0 aliphatic carbocycles. The molecule has 0 saturated carbocycles. The molecule has 3 rings (SSSR count). The van der Waals surface area contributed by atoms with E-state index in [4.69, 9.17) is 9.84 Å². The molecule has 1 fully saturated rings. The van der Waals surface area contributed by atoms with E-state index >= 15 is 0 Å². The maximum absolute atomic E-state index is 12.3. The maximum atomic E-state index is 12.3. The summed E-state index contributed by atoms with van der Waals surface area (Å²) in [7, 11) is 0. The molecule has 9 heteroatoms. The summed E-state index contributed by atoms with van der Waals surface area (Å²) in [5, 5.41) is 23.9. The lowest BCUT2D eigenvalue weighted by molar-refractivity contribution is -0.126. The average Bonchev–Trinajstić information content (AvgIpc) is 2.90. The standard InChI is InChI=1S/C28H29N3O6/c1-20(33)27(25(34)19-32)30-28(36)23-10-6-21(7-11-23)4-2-3-5-22-8-12-24(13-9-22)29-26(35)18-31-14-16-37-17-15-31/h6-13,20,27,32-33H,14-19H2,1H3,(H,29,35)(H,30,36)/t20-,27+/m1/s1. The van der Waals surface area contributed by atoms with Crippen LogP contribution in [0.25, 0.3) is 0 Å². The molecule has 9 nitrogen and oxygen atoms in total. The highest BCUT2D eigenvalue weighted by molar-refractivity contribution is 5.98. The summed E-state index contributed by atoms with van der Waals surface area (Å²) in [6.45, 7) is 3.71. The molecular formula is C28H29N3O6. The lowest BCUT2D eigenvalue weighted by Gasteiger charge is -2.25. The smallest absolute Gasteiger partial charge is 0.251 e. The van der Waals surface area contributed by atoms with Gasteiger partial charge in [0, 0.05) is 35.5 Å². The van der Waals surface area contributed by atoms with Crippen molar-refractivity contribution >= 4 is 23.3 Å². The van der Waals surface area contributed by atoms with E-state index < -0.39 is 30.4 Å². The van der Waals surface area contributed by atoms with Gasteiger partial charge in [-0.05, 0) is 67.3 Å². The second-order valence-corrected chi connectivity index (χ2v) is 8.41. The minimum absolute atomic E-state index is 0.0727. The zero-order valence-electron chi connectivity index (χ0n) is 20.5. The molecule has 2 amide bonds. The molecule has 0 radical (unpaired) electrons. The first-order valence-electron chi connectivity index (χ1n) is 11.8. The predicted octanol–water partition coefficient (Wildman–Crippen LogP) is 0.401. The molecule has 1 aliphatic rings. The number of hydrogen-bond donors (Lipinski definition) is 4. The SMILES string of the molecule is C[C@@H](O)[C@H](NC(=O)c1ccc(C#CC#Cc2ccc(NC(=O)CN3CCOCC3)cc2)cc1)C(=O)CO. The fourth-order valence-electron chi connectivity index (χ4n) is 3.50. The van der Waals surface area contributed by atoms with Gasteiger partial charge in [0.05, 0.1) is 25.9 Å². The number of anilines is 1. The number of amides is 2. The van der Waals surface area contributed by atoms with E-state index in [1.54, 1.807) is 48.5 Å². The molecule has 0 unspecified atom stereocenters. The number of carbonyl (C=O) groups is 3. The second kappa shape index (κ2) is 13.9. The van der Waals surface area contributed by atoms with Gasteiger partial charge in [-0.2, -0.15) is 0 Å². The fraction of sp³-hybridized carbons (Fsp3) is 0.321. The number of benzene rings is 2. The van der Waals surface area contributed by atoms with Crippen LogP contribution in [0, 0.1) is 23.7 Å². The number of rotatable bonds is 8. The monoisotopic (exact) mass is 503 g/mol. The Morgan fingerprint density at radius 1 is 0.973 bits per heavy atom. The van der Waals surface area contributed by atoms with Crippen molar-refractivity contribution in [2.45, 2.75) is 19.1 Å². The highest BCUT2D eigenvalue weighted by Gasteiger charge is 2.25. The van der Waals surface area contributed by atoms with Crippen molar-refractivity contribution < 1.29 is 29.3 Å². The number of aliphatic hydroxyl groups excluding tert-OH is 2. The second-order valence-electron chi connectivity index (χ2n) is 8.41. The summed E-state index contributed by atoms with van der Waals surface area (Å²) >= 11 is 0. The van der Waals surface area contributed by atoms with Crippen LogP contribution in [0.3, 0.4) is 0 Å². The van der Waals surface area contributed by atoms with Crippen molar-refractivity contribution in [3.05, 3.63) is 65.2 Å². The molecule has 4 N–H and O–H groups in total. The lowest BCUT2D eigenvalue weighted by atomic mass is 10.1. The van der Waals surface area contributed by atoms with Gasteiger partial charge in [-0.15, -0.1) is 0 Å². The van der Waals surface area contributed by atoms with Crippen LogP contribution < -0.4 is 10.6 Å². The first-order chi connectivity index (χ1) is 17.9. The minimum Gasteiger partial charge on any atom is -0.391 e. The summed E-state index contributed by atoms with van der Waals surface area (Å²) in [4.78, 5) is 38.2. The Kier molecular flexibility index (Phi) is 10.4. The van der Waals surface area contributed by atoms with Crippen LogP contribution in [0.2, 0.25) is 0 Å². The Balaban J connectivity index is 1.51. The number of carbonyl (C=O) groups excluding carboxylic acids is 3.